The fourth-order valence-electron chi connectivity index (χ4n) is 2.79. The van der Waals surface area contributed by atoms with Gasteiger partial charge in [-0.15, -0.1) is 0 Å². The summed E-state index contributed by atoms with van der Waals surface area (Å²) in [5.41, 5.74) is 3.60. The number of rotatable bonds is 6. The van der Waals surface area contributed by atoms with Crippen LogP contribution in [-0.4, -0.2) is 23.3 Å². The van der Waals surface area contributed by atoms with E-state index in [1.54, 1.807) is 26.8 Å². The van der Waals surface area contributed by atoms with Crippen molar-refractivity contribution in [1.82, 2.24) is 4.98 Å². The van der Waals surface area contributed by atoms with Crippen LogP contribution >= 0.6 is 0 Å². The summed E-state index contributed by atoms with van der Waals surface area (Å²) < 4.78 is 5.04. The molecule has 1 heterocycles. The minimum atomic E-state index is -0.476. The number of nitrogens with zero attached hydrogens (tertiary/aromatic N) is 1. The Bertz CT molecular complexity index is 897. The van der Waals surface area contributed by atoms with Gasteiger partial charge in [0.1, 0.15) is 11.6 Å². The number of carbonyl (C=O) groups excluding carboxylic acids is 2. The summed E-state index contributed by atoms with van der Waals surface area (Å²) in [6.45, 7) is 7.42. The molecule has 0 unspecified atom stereocenters. The zero-order valence-electron chi connectivity index (χ0n) is 15.5. The van der Waals surface area contributed by atoms with Crippen molar-refractivity contribution in [2.24, 2.45) is 0 Å². The van der Waals surface area contributed by atoms with Crippen molar-refractivity contribution >= 4 is 17.8 Å². The van der Waals surface area contributed by atoms with Gasteiger partial charge in [-0.25, -0.2) is 4.79 Å². The normalized spacial score (nSPS) is 11.1. The molecule has 0 bridgehead atoms. The number of aromatic nitrogens is 1. The van der Waals surface area contributed by atoms with Crippen molar-refractivity contribution in [2.75, 3.05) is 6.61 Å². The van der Waals surface area contributed by atoms with Crippen LogP contribution in [0.5, 0.6) is 0 Å². The van der Waals surface area contributed by atoms with Crippen LogP contribution in [-0.2, 0) is 11.2 Å². The molecule has 0 spiro atoms. The molecule has 0 saturated heterocycles. The number of allylic oxidation sites excluding steroid dienone is 1. The quantitative estimate of drug-likeness (QED) is 0.367. The van der Waals surface area contributed by atoms with Crippen molar-refractivity contribution in [3.05, 3.63) is 63.5 Å². The predicted octanol–water partition coefficient (Wildman–Crippen LogP) is 4.16. The highest BCUT2D eigenvalue weighted by molar-refractivity contribution is 6.15. The van der Waals surface area contributed by atoms with Crippen molar-refractivity contribution in [1.29, 1.82) is 5.26 Å². The van der Waals surface area contributed by atoms with Crippen LogP contribution in [0.4, 0.5) is 0 Å². The molecule has 1 aromatic carbocycles. The Labute approximate surface area is 153 Å². The molecular weight excluding hydrogens is 328 g/mol. The fourth-order valence-corrected chi connectivity index (χ4v) is 2.79. The van der Waals surface area contributed by atoms with Crippen LogP contribution in [0.1, 0.15) is 57.1 Å². The van der Waals surface area contributed by atoms with Crippen LogP contribution in [0.15, 0.2) is 29.8 Å². The van der Waals surface area contributed by atoms with Gasteiger partial charge in [0, 0.05) is 5.69 Å². The maximum atomic E-state index is 12.8. The van der Waals surface area contributed by atoms with Crippen LogP contribution in [0.25, 0.3) is 6.08 Å². The Morgan fingerprint density at radius 1 is 1.19 bits per heavy atom. The lowest BCUT2D eigenvalue weighted by Gasteiger charge is -2.03. The molecule has 0 aliphatic heterocycles. The predicted molar refractivity (Wildman–Crippen MR) is 100.0 cm³/mol. The van der Waals surface area contributed by atoms with E-state index in [2.05, 4.69) is 11.9 Å². The van der Waals surface area contributed by atoms with Crippen molar-refractivity contribution in [3.63, 3.8) is 0 Å². The molecule has 1 N–H and O–H groups in total. The van der Waals surface area contributed by atoms with E-state index in [1.165, 1.54) is 5.56 Å². The summed E-state index contributed by atoms with van der Waals surface area (Å²) in [7, 11) is 0. The van der Waals surface area contributed by atoms with E-state index in [0.717, 1.165) is 12.0 Å². The monoisotopic (exact) mass is 350 g/mol. The third-order valence-corrected chi connectivity index (χ3v) is 4.21. The summed E-state index contributed by atoms with van der Waals surface area (Å²) in [4.78, 5) is 27.8. The van der Waals surface area contributed by atoms with Crippen LogP contribution in [0.3, 0.4) is 0 Å². The first-order chi connectivity index (χ1) is 12.4. The van der Waals surface area contributed by atoms with E-state index in [-0.39, 0.29) is 17.9 Å². The summed E-state index contributed by atoms with van der Waals surface area (Å²) >= 11 is 0. The molecule has 1 aromatic heterocycles. The second-order valence-corrected chi connectivity index (χ2v) is 5.94. The summed E-state index contributed by atoms with van der Waals surface area (Å²) in [5.74, 6) is -0.918. The standard InChI is InChI=1S/C21H22N2O3/c1-5-15-7-9-16(10-8-15)11-17(12-22)20(24)19-13(3)18(14(4)23-19)21(25)26-6-2/h7-11,23H,5-6H2,1-4H3/b17-11+. The highest BCUT2D eigenvalue weighted by Crippen LogP contribution is 2.22. The zero-order valence-corrected chi connectivity index (χ0v) is 15.5. The maximum Gasteiger partial charge on any atom is 0.340 e. The number of Topliss-reactive ketones (excluding diaryl/α,β-unsaturated/α-hetero) is 1. The summed E-state index contributed by atoms with van der Waals surface area (Å²) in [6.07, 6.45) is 2.48. The number of H-pyrrole nitrogens is 1. The SMILES string of the molecule is CCOC(=O)c1c(C)[nH]c(C(=O)/C(C#N)=C/c2ccc(CC)cc2)c1C. The average Bonchev–Trinajstić information content (AvgIpc) is 2.94. The van der Waals surface area contributed by atoms with Gasteiger partial charge in [-0.2, -0.15) is 5.26 Å². The Hall–Kier alpha value is -3.13. The lowest BCUT2D eigenvalue weighted by Crippen LogP contribution is -2.08. The minimum Gasteiger partial charge on any atom is -0.462 e. The number of nitriles is 1. The number of esters is 1. The minimum absolute atomic E-state index is 0.00834. The van der Waals surface area contributed by atoms with Crippen molar-refractivity contribution < 1.29 is 14.3 Å². The topological polar surface area (TPSA) is 83.0 Å². The number of aryl methyl sites for hydroxylation is 2. The molecule has 0 aliphatic rings. The summed E-state index contributed by atoms with van der Waals surface area (Å²) in [5, 5.41) is 9.44. The maximum absolute atomic E-state index is 12.8. The number of hydrogen-bond acceptors (Lipinski definition) is 4. The molecule has 0 atom stereocenters. The number of hydrogen-bond donors (Lipinski definition) is 1. The van der Waals surface area contributed by atoms with Crippen LogP contribution in [0.2, 0.25) is 0 Å². The summed E-state index contributed by atoms with van der Waals surface area (Å²) in [6, 6.07) is 9.65. The smallest absolute Gasteiger partial charge is 0.340 e. The van der Waals surface area contributed by atoms with E-state index >= 15 is 0 Å². The Morgan fingerprint density at radius 2 is 1.85 bits per heavy atom. The second-order valence-electron chi connectivity index (χ2n) is 5.94. The third-order valence-electron chi connectivity index (χ3n) is 4.21. The van der Waals surface area contributed by atoms with E-state index in [4.69, 9.17) is 4.74 Å². The first-order valence-electron chi connectivity index (χ1n) is 8.54. The highest BCUT2D eigenvalue weighted by Gasteiger charge is 2.24. The van der Waals surface area contributed by atoms with Crippen LogP contribution in [0, 0.1) is 25.2 Å². The van der Waals surface area contributed by atoms with Crippen molar-refractivity contribution in [3.8, 4) is 6.07 Å². The molecule has 0 radical (unpaired) electrons. The molecule has 5 nitrogen and oxygen atoms in total. The average molecular weight is 350 g/mol. The van der Waals surface area contributed by atoms with E-state index in [0.29, 0.717) is 16.8 Å². The van der Waals surface area contributed by atoms with Gasteiger partial charge >= 0.3 is 5.97 Å². The van der Waals surface area contributed by atoms with E-state index in [9.17, 15) is 14.9 Å². The number of nitrogens with one attached hydrogen (secondary N) is 1. The molecule has 2 aromatic rings. The van der Waals surface area contributed by atoms with E-state index in [1.807, 2.05) is 30.3 Å². The second kappa shape index (κ2) is 8.30. The zero-order chi connectivity index (χ0) is 19.3. The molecule has 0 amide bonds. The number of aromatic amines is 1. The lowest BCUT2D eigenvalue weighted by molar-refractivity contribution is 0.0525. The van der Waals surface area contributed by atoms with Gasteiger partial charge in [0.05, 0.1) is 17.9 Å². The van der Waals surface area contributed by atoms with Crippen molar-refractivity contribution in [2.45, 2.75) is 34.1 Å². The number of carbonyl (C=O) groups is 2. The third kappa shape index (κ3) is 3.92. The number of ketones is 1. The molecule has 2 rings (SSSR count). The van der Waals surface area contributed by atoms with Gasteiger partial charge < -0.3 is 9.72 Å². The number of ether oxygens (including phenoxy) is 1. The van der Waals surface area contributed by atoms with Gasteiger partial charge in [-0.1, -0.05) is 31.2 Å². The molecule has 134 valence electrons. The van der Waals surface area contributed by atoms with E-state index < -0.39 is 11.8 Å². The Balaban J connectivity index is 2.39. The lowest BCUT2D eigenvalue weighted by atomic mass is 10.0. The van der Waals surface area contributed by atoms with Crippen LogP contribution < -0.4 is 0 Å². The molecular formula is C21H22N2O3. The van der Waals surface area contributed by atoms with Gasteiger partial charge in [0.25, 0.3) is 0 Å². The molecule has 0 aliphatic carbocycles. The van der Waals surface area contributed by atoms with Gasteiger partial charge in [-0.3, -0.25) is 4.79 Å². The molecule has 0 fully saturated rings. The number of benzene rings is 1. The van der Waals surface area contributed by atoms with Gasteiger partial charge in [-0.05, 0) is 50.0 Å². The molecule has 26 heavy (non-hydrogen) atoms. The largest absolute Gasteiger partial charge is 0.462 e. The first kappa shape index (κ1) is 19.2. The molecule has 5 heteroatoms. The van der Waals surface area contributed by atoms with Gasteiger partial charge in [0.2, 0.25) is 5.78 Å². The highest BCUT2D eigenvalue weighted by atomic mass is 16.5. The van der Waals surface area contributed by atoms with Gasteiger partial charge in [0.15, 0.2) is 0 Å². The fraction of sp³-hybridized carbons (Fsp3) is 0.286. The Kier molecular flexibility index (Phi) is 6.13. The Morgan fingerprint density at radius 3 is 2.38 bits per heavy atom. The molecule has 0 saturated carbocycles. The first-order valence-corrected chi connectivity index (χ1v) is 8.54.